The highest BCUT2D eigenvalue weighted by molar-refractivity contribution is 5.98. The Bertz CT molecular complexity index is 1080. The number of carbonyl (C=O) groups excluding carboxylic acids is 1. The number of amides is 1. The summed E-state index contributed by atoms with van der Waals surface area (Å²) in [5, 5.41) is 6.16. The van der Waals surface area contributed by atoms with Crippen molar-refractivity contribution in [3.8, 4) is 11.5 Å². The fourth-order valence-corrected chi connectivity index (χ4v) is 3.28. The minimum atomic E-state index is -0.00413. The molecule has 1 aliphatic rings. The molecule has 0 bridgehead atoms. The average Bonchev–Trinajstić information content (AvgIpc) is 3.28. The number of amidine groups is 1. The van der Waals surface area contributed by atoms with Gasteiger partial charge in [0, 0.05) is 30.9 Å². The van der Waals surface area contributed by atoms with Gasteiger partial charge in [-0.15, -0.1) is 0 Å². The molecule has 0 unspecified atom stereocenters. The number of hydrogen-bond acceptors (Lipinski definition) is 5. The first-order valence-corrected chi connectivity index (χ1v) is 10.0. The molecular formula is C24H24N4O2. The third-order valence-electron chi connectivity index (χ3n) is 4.72. The summed E-state index contributed by atoms with van der Waals surface area (Å²) >= 11 is 0. The van der Waals surface area contributed by atoms with Crippen molar-refractivity contribution in [1.29, 1.82) is 0 Å². The number of carbonyl (C=O) groups is 1. The van der Waals surface area contributed by atoms with Crippen molar-refractivity contribution >= 4 is 17.4 Å². The number of aryl methyl sites for hydroxylation is 2. The zero-order valence-electron chi connectivity index (χ0n) is 16.9. The monoisotopic (exact) mass is 400 g/mol. The molecule has 3 aromatic rings. The van der Waals surface area contributed by atoms with Crippen LogP contribution in [0.25, 0.3) is 0 Å². The molecule has 2 N–H and O–H groups in total. The van der Waals surface area contributed by atoms with Crippen molar-refractivity contribution in [3.05, 3.63) is 83.7 Å². The van der Waals surface area contributed by atoms with Gasteiger partial charge in [0.25, 0.3) is 0 Å². The summed E-state index contributed by atoms with van der Waals surface area (Å²) in [4.78, 5) is 21.0. The lowest BCUT2D eigenvalue weighted by atomic mass is 10.1. The minimum absolute atomic E-state index is 0.00413. The molecule has 2 heterocycles. The van der Waals surface area contributed by atoms with Gasteiger partial charge >= 0.3 is 0 Å². The van der Waals surface area contributed by atoms with Gasteiger partial charge in [-0.05, 0) is 54.8 Å². The second-order valence-corrected chi connectivity index (χ2v) is 7.20. The first-order valence-electron chi connectivity index (χ1n) is 10.0. The molecule has 2 aromatic carbocycles. The zero-order chi connectivity index (χ0) is 20.8. The normalized spacial score (nSPS) is 12.8. The van der Waals surface area contributed by atoms with E-state index in [0.717, 1.165) is 47.2 Å². The van der Waals surface area contributed by atoms with Crippen LogP contribution in [0, 0.1) is 6.92 Å². The number of aliphatic imine (C=N–C) groups is 1. The zero-order valence-corrected chi connectivity index (χ0v) is 16.9. The smallest absolute Gasteiger partial charge is 0.224 e. The SMILES string of the molecule is Cc1cccc(NC(=O)CCc2cccc(Oc3ccnc(C4=NCCN4)c3)c2)c1. The van der Waals surface area contributed by atoms with E-state index in [-0.39, 0.29) is 5.91 Å². The van der Waals surface area contributed by atoms with Gasteiger partial charge in [0.15, 0.2) is 0 Å². The molecule has 0 spiro atoms. The van der Waals surface area contributed by atoms with Crippen LogP contribution >= 0.6 is 0 Å². The Morgan fingerprint density at radius 3 is 2.80 bits per heavy atom. The first kappa shape index (κ1) is 19.6. The minimum Gasteiger partial charge on any atom is -0.457 e. The second-order valence-electron chi connectivity index (χ2n) is 7.20. The highest BCUT2D eigenvalue weighted by atomic mass is 16.5. The highest BCUT2D eigenvalue weighted by Crippen LogP contribution is 2.23. The predicted molar refractivity (Wildman–Crippen MR) is 118 cm³/mol. The molecule has 0 saturated carbocycles. The van der Waals surface area contributed by atoms with Gasteiger partial charge in [-0.3, -0.25) is 14.8 Å². The summed E-state index contributed by atoms with van der Waals surface area (Å²) in [5.41, 5.74) is 3.76. The molecule has 0 radical (unpaired) electrons. The summed E-state index contributed by atoms with van der Waals surface area (Å²) in [6, 6.07) is 19.3. The fourth-order valence-electron chi connectivity index (χ4n) is 3.28. The fraction of sp³-hybridized carbons (Fsp3) is 0.208. The number of anilines is 1. The predicted octanol–water partition coefficient (Wildman–Crippen LogP) is 4.10. The van der Waals surface area contributed by atoms with Gasteiger partial charge in [-0.1, -0.05) is 24.3 Å². The molecule has 1 aromatic heterocycles. The van der Waals surface area contributed by atoms with Gasteiger partial charge in [0.05, 0.1) is 6.54 Å². The molecule has 1 amide bonds. The van der Waals surface area contributed by atoms with Crippen molar-refractivity contribution in [2.75, 3.05) is 18.4 Å². The van der Waals surface area contributed by atoms with Gasteiger partial charge < -0.3 is 15.4 Å². The van der Waals surface area contributed by atoms with Gasteiger partial charge in [0.2, 0.25) is 5.91 Å². The number of benzene rings is 2. The molecule has 0 aliphatic carbocycles. The lowest BCUT2D eigenvalue weighted by Crippen LogP contribution is -2.20. The third kappa shape index (κ3) is 5.23. The lowest BCUT2D eigenvalue weighted by Gasteiger charge is -2.10. The van der Waals surface area contributed by atoms with E-state index in [1.807, 2.05) is 67.6 Å². The number of pyridine rings is 1. The highest BCUT2D eigenvalue weighted by Gasteiger charge is 2.11. The Balaban J connectivity index is 1.36. The van der Waals surface area contributed by atoms with E-state index in [0.29, 0.717) is 18.6 Å². The summed E-state index contributed by atoms with van der Waals surface area (Å²) in [7, 11) is 0. The number of nitrogens with one attached hydrogen (secondary N) is 2. The number of rotatable bonds is 7. The van der Waals surface area contributed by atoms with E-state index >= 15 is 0 Å². The first-order chi connectivity index (χ1) is 14.7. The van der Waals surface area contributed by atoms with E-state index in [9.17, 15) is 4.79 Å². The van der Waals surface area contributed by atoms with Crippen LogP contribution in [0.1, 0.15) is 23.2 Å². The van der Waals surface area contributed by atoms with Gasteiger partial charge in [-0.2, -0.15) is 0 Å². The van der Waals surface area contributed by atoms with E-state index in [4.69, 9.17) is 4.74 Å². The Labute approximate surface area is 176 Å². The maximum atomic E-state index is 12.3. The van der Waals surface area contributed by atoms with Crippen molar-refractivity contribution < 1.29 is 9.53 Å². The second kappa shape index (κ2) is 9.22. The largest absolute Gasteiger partial charge is 0.457 e. The van der Waals surface area contributed by atoms with Crippen molar-refractivity contribution in [2.45, 2.75) is 19.8 Å². The van der Waals surface area contributed by atoms with Crippen LogP contribution in [0.15, 0.2) is 71.9 Å². The Morgan fingerprint density at radius 1 is 1.10 bits per heavy atom. The van der Waals surface area contributed by atoms with Gasteiger partial charge in [0.1, 0.15) is 23.0 Å². The summed E-state index contributed by atoms with van der Waals surface area (Å²) in [5.74, 6) is 2.22. The molecule has 6 heteroatoms. The lowest BCUT2D eigenvalue weighted by molar-refractivity contribution is -0.116. The van der Waals surface area contributed by atoms with Crippen LogP contribution in [-0.2, 0) is 11.2 Å². The molecule has 0 atom stereocenters. The molecule has 4 rings (SSSR count). The summed E-state index contributed by atoms with van der Waals surface area (Å²) < 4.78 is 6.01. The maximum Gasteiger partial charge on any atom is 0.224 e. The Morgan fingerprint density at radius 2 is 1.97 bits per heavy atom. The molecule has 1 aliphatic heterocycles. The molecule has 152 valence electrons. The number of hydrogen-bond donors (Lipinski definition) is 2. The topological polar surface area (TPSA) is 75.6 Å². The number of nitrogens with zero attached hydrogens (tertiary/aromatic N) is 2. The van der Waals surface area contributed by atoms with Crippen LogP contribution in [0.2, 0.25) is 0 Å². The molecule has 0 saturated heterocycles. The van der Waals surface area contributed by atoms with Crippen LogP contribution in [-0.4, -0.2) is 29.8 Å². The van der Waals surface area contributed by atoms with E-state index in [2.05, 4.69) is 20.6 Å². The van der Waals surface area contributed by atoms with E-state index in [1.54, 1.807) is 6.20 Å². The number of ether oxygens (including phenoxy) is 1. The van der Waals surface area contributed by atoms with Crippen LogP contribution in [0.3, 0.4) is 0 Å². The van der Waals surface area contributed by atoms with E-state index < -0.39 is 0 Å². The van der Waals surface area contributed by atoms with Crippen LogP contribution in [0.5, 0.6) is 11.5 Å². The molecule has 6 nitrogen and oxygen atoms in total. The van der Waals surface area contributed by atoms with Crippen LogP contribution < -0.4 is 15.4 Å². The Kier molecular flexibility index (Phi) is 6.03. The Hall–Kier alpha value is -3.67. The quantitative estimate of drug-likeness (QED) is 0.626. The van der Waals surface area contributed by atoms with E-state index in [1.165, 1.54) is 0 Å². The summed E-state index contributed by atoms with van der Waals surface area (Å²) in [6.45, 7) is 3.60. The van der Waals surface area contributed by atoms with Crippen LogP contribution in [0.4, 0.5) is 5.69 Å². The van der Waals surface area contributed by atoms with Gasteiger partial charge in [-0.25, -0.2) is 0 Å². The standard InChI is InChI=1S/C24H24N4O2/c1-17-4-2-6-19(14-17)28-23(29)9-8-18-5-3-7-20(15-18)30-21-10-11-25-22(16-21)24-26-12-13-27-24/h2-7,10-11,14-16H,8-9,12-13H2,1H3,(H,26,27)(H,28,29). The third-order valence-corrected chi connectivity index (χ3v) is 4.72. The van der Waals surface area contributed by atoms with Crippen molar-refractivity contribution in [3.63, 3.8) is 0 Å². The number of aromatic nitrogens is 1. The molecule has 0 fully saturated rings. The summed E-state index contributed by atoms with van der Waals surface area (Å²) in [6.07, 6.45) is 2.76. The maximum absolute atomic E-state index is 12.3. The average molecular weight is 400 g/mol. The van der Waals surface area contributed by atoms with Crippen molar-refractivity contribution in [1.82, 2.24) is 10.3 Å². The van der Waals surface area contributed by atoms with Crippen molar-refractivity contribution in [2.24, 2.45) is 4.99 Å². The molecular weight excluding hydrogens is 376 g/mol. The molecule has 30 heavy (non-hydrogen) atoms.